The van der Waals surface area contributed by atoms with E-state index in [4.69, 9.17) is 9.47 Å². The van der Waals surface area contributed by atoms with Crippen LogP contribution in [0.4, 0.5) is 4.79 Å². The van der Waals surface area contributed by atoms with E-state index in [-0.39, 0.29) is 23.6 Å². The highest BCUT2D eigenvalue weighted by Gasteiger charge is 2.28. The maximum atomic E-state index is 12.8. The minimum absolute atomic E-state index is 0.0355. The van der Waals surface area contributed by atoms with Gasteiger partial charge in [0.15, 0.2) is 0 Å². The number of benzene rings is 1. The average Bonchev–Trinajstić information content (AvgIpc) is 3.16. The number of carbonyl (C=O) groups excluding carboxylic acids is 2. The number of amides is 1. The Labute approximate surface area is 208 Å². The van der Waals surface area contributed by atoms with Crippen LogP contribution in [0.25, 0.3) is 10.9 Å². The number of piperidine rings is 1. The topological polar surface area (TPSA) is 98.7 Å². The number of carbonyl (C=O) groups is 2. The lowest BCUT2D eigenvalue weighted by atomic mass is 10.1. The molecular formula is C25H31BrN4O4. The lowest BCUT2D eigenvalue weighted by molar-refractivity contribution is 0.0126. The van der Waals surface area contributed by atoms with E-state index < -0.39 is 5.60 Å². The van der Waals surface area contributed by atoms with Crippen molar-refractivity contribution in [2.45, 2.75) is 45.3 Å². The molecule has 1 N–H and O–H groups in total. The number of hydrogen-bond acceptors (Lipinski definition) is 6. The van der Waals surface area contributed by atoms with Crippen molar-refractivity contribution in [3.63, 3.8) is 0 Å². The van der Waals surface area contributed by atoms with E-state index in [1.165, 1.54) is 0 Å². The number of aromatic amines is 1. The summed E-state index contributed by atoms with van der Waals surface area (Å²) < 4.78 is 12.4. The molecule has 1 saturated heterocycles. The molecule has 1 fully saturated rings. The zero-order chi connectivity index (χ0) is 25.0. The van der Waals surface area contributed by atoms with Crippen molar-refractivity contribution in [2.24, 2.45) is 0 Å². The first kappa shape index (κ1) is 25.8. The molecule has 9 heteroatoms. The molecule has 0 bridgehead atoms. The number of nitrogens with zero attached hydrogens (tertiary/aromatic N) is 3. The summed E-state index contributed by atoms with van der Waals surface area (Å²) in [6, 6.07) is 7.48. The number of likely N-dealkylation sites (tertiary alicyclic amines) is 1. The molecule has 182 valence electrons. The standard InChI is InChI=1S/C25H31BrN4O4/c1-25(2,3)34-24(32)30-10-7-18(8-11-30)33-22-13-17-12-21(28-20(17)14-19(22)26)23(31)16(15-27)6-9-29(4)5/h6,12-14,18,28H,7-11H2,1-5H3/b16-6+. The molecule has 1 aliphatic heterocycles. The van der Waals surface area contributed by atoms with Gasteiger partial charge in [-0.05, 0) is 75.1 Å². The fourth-order valence-electron chi connectivity index (χ4n) is 3.62. The lowest BCUT2D eigenvalue weighted by Gasteiger charge is -2.33. The van der Waals surface area contributed by atoms with Crippen molar-refractivity contribution in [3.8, 4) is 11.8 Å². The average molecular weight is 531 g/mol. The number of Topliss-reactive ketones (excluding diaryl/α,β-unsaturated/α-hetero) is 1. The number of allylic oxidation sites excluding steroid dienone is 1. The van der Waals surface area contributed by atoms with E-state index in [0.717, 1.165) is 15.4 Å². The maximum absolute atomic E-state index is 12.8. The second-order valence-corrected chi connectivity index (χ2v) is 10.5. The monoisotopic (exact) mass is 530 g/mol. The van der Waals surface area contributed by atoms with Crippen molar-refractivity contribution in [3.05, 3.63) is 40.0 Å². The number of fused-ring (bicyclic) bond motifs is 1. The van der Waals surface area contributed by atoms with Crippen LogP contribution in [0.5, 0.6) is 5.75 Å². The normalized spacial score (nSPS) is 15.5. The van der Waals surface area contributed by atoms with Crippen molar-refractivity contribution in [2.75, 3.05) is 33.7 Å². The zero-order valence-corrected chi connectivity index (χ0v) is 21.9. The Kier molecular flexibility index (Phi) is 8.05. The molecule has 0 spiro atoms. The first-order valence-corrected chi connectivity index (χ1v) is 12.0. The highest BCUT2D eigenvalue weighted by atomic mass is 79.9. The summed E-state index contributed by atoms with van der Waals surface area (Å²) in [4.78, 5) is 31.8. The number of ketones is 1. The number of nitriles is 1. The van der Waals surface area contributed by atoms with Gasteiger partial charge in [-0.15, -0.1) is 0 Å². The van der Waals surface area contributed by atoms with E-state index in [0.29, 0.717) is 43.9 Å². The van der Waals surface area contributed by atoms with Gasteiger partial charge in [-0.2, -0.15) is 5.26 Å². The molecule has 3 rings (SSSR count). The molecule has 1 aromatic heterocycles. The number of hydrogen-bond donors (Lipinski definition) is 1. The summed E-state index contributed by atoms with van der Waals surface area (Å²) in [5, 5.41) is 10.2. The van der Waals surface area contributed by atoms with Gasteiger partial charge in [0.1, 0.15) is 23.5 Å². The molecule has 34 heavy (non-hydrogen) atoms. The number of H-pyrrole nitrogens is 1. The van der Waals surface area contributed by atoms with Crippen LogP contribution >= 0.6 is 15.9 Å². The van der Waals surface area contributed by atoms with Gasteiger partial charge in [0.05, 0.1) is 15.7 Å². The van der Waals surface area contributed by atoms with E-state index in [9.17, 15) is 14.9 Å². The van der Waals surface area contributed by atoms with Crippen molar-refractivity contribution >= 4 is 38.7 Å². The van der Waals surface area contributed by atoms with Crippen molar-refractivity contribution < 1.29 is 19.1 Å². The maximum Gasteiger partial charge on any atom is 0.410 e. The van der Waals surface area contributed by atoms with Gasteiger partial charge < -0.3 is 24.3 Å². The summed E-state index contributed by atoms with van der Waals surface area (Å²) >= 11 is 3.56. The third-order valence-corrected chi connectivity index (χ3v) is 5.95. The Bertz CT molecular complexity index is 1130. The number of rotatable bonds is 6. The third-order valence-electron chi connectivity index (χ3n) is 5.33. The summed E-state index contributed by atoms with van der Waals surface area (Å²) in [6.07, 6.45) is 2.69. The molecule has 2 heterocycles. The van der Waals surface area contributed by atoms with E-state index >= 15 is 0 Å². The number of likely N-dealkylation sites (N-methyl/N-ethyl adjacent to an activating group) is 1. The smallest absolute Gasteiger partial charge is 0.410 e. The predicted molar refractivity (Wildman–Crippen MR) is 134 cm³/mol. The predicted octanol–water partition coefficient (Wildman–Crippen LogP) is 4.90. The minimum Gasteiger partial charge on any atom is -0.489 e. The Morgan fingerprint density at radius 2 is 1.94 bits per heavy atom. The van der Waals surface area contributed by atoms with Crippen LogP contribution in [0, 0.1) is 11.3 Å². The lowest BCUT2D eigenvalue weighted by Crippen LogP contribution is -2.44. The van der Waals surface area contributed by atoms with Crippen LogP contribution < -0.4 is 4.74 Å². The zero-order valence-electron chi connectivity index (χ0n) is 20.3. The summed E-state index contributed by atoms with van der Waals surface area (Å²) in [5.74, 6) is 0.332. The van der Waals surface area contributed by atoms with Crippen LogP contribution in [0.1, 0.15) is 44.1 Å². The molecule has 0 aliphatic carbocycles. The molecule has 0 unspecified atom stereocenters. The van der Waals surface area contributed by atoms with Gasteiger partial charge in [0, 0.05) is 43.4 Å². The largest absolute Gasteiger partial charge is 0.489 e. The van der Waals surface area contributed by atoms with Gasteiger partial charge in [-0.25, -0.2) is 4.79 Å². The van der Waals surface area contributed by atoms with Crippen LogP contribution in [0.2, 0.25) is 0 Å². The van der Waals surface area contributed by atoms with Gasteiger partial charge in [-0.1, -0.05) is 0 Å². The Hall–Kier alpha value is -2.83. The van der Waals surface area contributed by atoms with E-state index in [1.807, 2.05) is 58.0 Å². The Morgan fingerprint density at radius 3 is 2.53 bits per heavy atom. The Balaban J connectivity index is 1.69. The number of ether oxygens (including phenoxy) is 2. The molecule has 0 saturated carbocycles. The van der Waals surface area contributed by atoms with Crippen molar-refractivity contribution in [1.29, 1.82) is 5.26 Å². The van der Waals surface area contributed by atoms with Crippen LogP contribution in [-0.2, 0) is 4.74 Å². The fourth-order valence-corrected chi connectivity index (χ4v) is 4.05. The van der Waals surface area contributed by atoms with Crippen LogP contribution in [0.15, 0.2) is 34.3 Å². The van der Waals surface area contributed by atoms with Gasteiger partial charge in [0.2, 0.25) is 5.78 Å². The molecule has 0 atom stereocenters. The second kappa shape index (κ2) is 10.6. The van der Waals surface area contributed by atoms with Gasteiger partial charge >= 0.3 is 6.09 Å². The fraction of sp³-hybridized carbons (Fsp3) is 0.480. The summed E-state index contributed by atoms with van der Waals surface area (Å²) in [6.45, 7) is 7.21. The number of halogens is 1. The number of nitrogens with one attached hydrogen (secondary N) is 1. The minimum atomic E-state index is -0.516. The van der Waals surface area contributed by atoms with E-state index in [2.05, 4.69) is 20.9 Å². The SMILES string of the molecule is CN(C)C/C=C(\C#N)C(=O)c1cc2cc(OC3CCN(C(=O)OC(C)(C)C)CC3)c(Br)cc2[nH]1. The van der Waals surface area contributed by atoms with Gasteiger partial charge in [-0.3, -0.25) is 4.79 Å². The quantitative estimate of drug-likeness (QED) is 0.324. The molecule has 0 radical (unpaired) electrons. The van der Waals surface area contributed by atoms with E-state index in [1.54, 1.807) is 17.0 Å². The molecule has 8 nitrogen and oxygen atoms in total. The highest BCUT2D eigenvalue weighted by molar-refractivity contribution is 9.10. The number of aromatic nitrogens is 1. The first-order valence-electron chi connectivity index (χ1n) is 11.2. The Morgan fingerprint density at radius 1 is 1.26 bits per heavy atom. The molecule has 2 aromatic rings. The van der Waals surface area contributed by atoms with Crippen molar-refractivity contribution in [1.82, 2.24) is 14.8 Å². The molecule has 1 aliphatic rings. The molecule has 1 aromatic carbocycles. The molecule has 1 amide bonds. The summed E-state index contributed by atoms with van der Waals surface area (Å²) in [7, 11) is 3.75. The third kappa shape index (κ3) is 6.61. The summed E-state index contributed by atoms with van der Waals surface area (Å²) in [5.41, 5.74) is 0.716. The van der Waals surface area contributed by atoms with Gasteiger partial charge in [0.25, 0.3) is 0 Å². The van der Waals surface area contributed by atoms with Crippen LogP contribution in [-0.4, -0.2) is 72.1 Å². The second-order valence-electron chi connectivity index (χ2n) is 9.66. The highest BCUT2D eigenvalue weighted by Crippen LogP contribution is 2.33. The van der Waals surface area contributed by atoms with Crippen LogP contribution in [0.3, 0.4) is 0 Å². The first-order chi connectivity index (χ1) is 16.0. The molecular weight excluding hydrogens is 500 g/mol.